The molecule has 146 valence electrons. The Morgan fingerprint density at radius 1 is 1.18 bits per heavy atom. The molecule has 9 heteroatoms. The summed E-state index contributed by atoms with van der Waals surface area (Å²) in [5.41, 5.74) is 2.47. The lowest BCUT2D eigenvalue weighted by atomic mass is 10.2. The van der Waals surface area contributed by atoms with Gasteiger partial charge in [0.1, 0.15) is 0 Å². The van der Waals surface area contributed by atoms with E-state index in [-0.39, 0.29) is 5.91 Å². The van der Waals surface area contributed by atoms with Crippen LogP contribution in [-0.4, -0.2) is 57.6 Å². The van der Waals surface area contributed by atoms with Crippen molar-refractivity contribution in [2.45, 2.75) is 12.1 Å². The van der Waals surface area contributed by atoms with Crippen LogP contribution in [0.3, 0.4) is 0 Å². The lowest BCUT2D eigenvalue weighted by Crippen LogP contribution is -2.49. The Balaban J connectivity index is 1.31. The molecule has 1 fully saturated rings. The van der Waals surface area contributed by atoms with Crippen molar-refractivity contribution >= 4 is 34.7 Å². The highest BCUT2D eigenvalue weighted by Crippen LogP contribution is 2.25. The number of nitrogen functional groups attached to an aromatic ring is 1. The molecule has 1 saturated heterocycles. The molecule has 0 bridgehead atoms. The van der Waals surface area contributed by atoms with E-state index in [1.165, 1.54) is 27.7 Å². The van der Waals surface area contributed by atoms with Gasteiger partial charge in [-0.15, -0.1) is 21.5 Å². The maximum atomic E-state index is 12.6. The van der Waals surface area contributed by atoms with E-state index in [1.807, 2.05) is 22.4 Å². The van der Waals surface area contributed by atoms with Crippen molar-refractivity contribution in [1.82, 2.24) is 19.8 Å². The van der Waals surface area contributed by atoms with Gasteiger partial charge >= 0.3 is 0 Å². The second-order valence-electron chi connectivity index (χ2n) is 6.65. The number of amides is 1. The van der Waals surface area contributed by atoms with Crippen LogP contribution in [0.2, 0.25) is 0 Å². The number of thioether (sulfide) groups is 1. The Kier molecular flexibility index (Phi) is 5.54. The maximum Gasteiger partial charge on any atom is 0.233 e. The van der Waals surface area contributed by atoms with E-state index >= 15 is 0 Å². The Bertz CT molecular complexity index is 947. The first-order valence-electron chi connectivity index (χ1n) is 9.08. The van der Waals surface area contributed by atoms with E-state index in [2.05, 4.69) is 46.3 Å². The fourth-order valence-electron chi connectivity index (χ4n) is 3.21. The molecule has 0 aliphatic carbocycles. The summed E-state index contributed by atoms with van der Waals surface area (Å²) in [5.74, 6) is 7.14. The zero-order valence-electron chi connectivity index (χ0n) is 15.6. The summed E-state index contributed by atoms with van der Waals surface area (Å²) in [5, 5.41) is 10.8. The summed E-state index contributed by atoms with van der Waals surface area (Å²) in [6, 6.07) is 12.4. The maximum absolute atomic E-state index is 12.6. The molecule has 0 unspecified atom stereocenters. The second-order valence-corrected chi connectivity index (χ2v) is 8.54. The van der Waals surface area contributed by atoms with Gasteiger partial charge in [-0.3, -0.25) is 4.79 Å². The predicted molar refractivity (Wildman–Crippen MR) is 114 cm³/mol. The van der Waals surface area contributed by atoms with Crippen LogP contribution in [-0.2, 0) is 4.79 Å². The average molecular weight is 415 g/mol. The Morgan fingerprint density at radius 3 is 2.71 bits per heavy atom. The van der Waals surface area contributed by atoms with Crippen molar-refractivity contribution in [2.75, 3.05) is 42.7 Å². The van der Waals surface area contributed by atoms with Gasteiger partial charge in [0.2, 0.25) is 11.1 Å². The summed E-state index contributed by atoms with van der Waals surface area (Å²) in [6.45, 7) is 5.23. The molecule has 3 heterocycles. The Hall–Kier alpha value is -2.52. The highest BCUT2D eigenvalue weighted by atomic mass is 32.2. The van der Waals surface area contributed by atoms with E-state index in [0.29, 0.717) is 16.7 Å². The van der Waals surface area contributed by atoms with Gasteiger partial charge in [0.15, 0.2) is 5.82 Å². The van der Waals surface area contributed by atoms with Crippen LogP contribution in [0.15, 0.2) is 46.9 Å². The van der Waals surface area contributed by atoms with E-state index in [9.17, 15) is 4.79 Å². The number of piperazine rings is 1. The summed E-state index contributed by atoms with van der Waals surface area (Å²) in [4.78, 5) is 17.8. The van der Waals surface area contributed by atoms with Gasteiger partial charge in [0, 0.05) is 31.9 Å². The second kappa shape index (κ2) is 8.24. The number of rotatable bonds is 5. The number of carbonyl (C=O) groups is 1. The highest BCUT2D eigenvalue weighted by molar-refractivity contribution is 7.99. The SMILES string of the molecule is Cc1cccc(N2CCN(C(=O)CSc3nnc(-c4cccs4)n3N)CC2)c1. The molecule has 1 aliphatic rings. The van der Waals surface area contributed by atoms with Crippen LogP contribution in [0.25, 0.3) is 10.7 Å². The molecule has 0 atom stereocenters. The summed E-state index contributed by atoms with van der Waals surface area (Å²) < 4.78 is 1.46. The molecule has 0 radical (unpaired) electrons. The van der Waals surface area contributed by atoms with Crippen molar-refractivity contribution in [3.63, 3.8) is 0 Å². The third kappa shape index (κ3) is 4.00. The standard InChI is InChI=1S/C19H22N6OS2/c1-14-4-2-5-15(12-14)23-7-9-24(10-8-23)17(26)13-28-19-22-21-18(25(19)20)16-6-3-11-27-16/h2-6,11-12H,7-10,13,20H2,1H3. The molecule has 28 heavy (non-hydrogen) atoms. The van der Waals surface area contributed by atoms with Crippen LogP contribution in [0.1, 0.15) is 5.56 Å². The molecule has 4 rings (SSSR count). The first-order valence-corrected chi connectivity index (χ1v) is 10.9. The number of anilines is 1. The topological polar surface area (TPSA) is 80.3 Å². The number of aromatic nitrogens is 3. The fourth-order valence-corrected chi connectivity index (χ4v) is 4.67. The van der Waals surface area contributed by atoms with Crippen molar-refractivity contribution in [1.29, 1.82) is 0 Å². The average Bonchev–Trinajstić information content (AvgIpc) is 3.36. The van der Waals surface area contributed by atoms with Gasteiger partial charge in [-0.05, 0) is 36.1 Å². The van der Waals surface area contributed by atoms with Crippen molar-refractivity contribution in [3.8, 4) is 10.7 Å². The Labute approximate surface area is 172 Å². The molecule has 2 N–H and O–H groups in total. The van der Waals surface area contributed by atoms with Crippen LogP contribution in [0, 0.1) is 6.92 Å². The van der Waals surface area contributed by atoms with E-state index < -0.39 is 0 Å². The molecule has 1 amide bonds. The molecular formula is C19H22N6OS2. The predicted octanol–water partition coefficient (Wildman–Crippen LogP) is 2.47. The van der Waals surface area contributed by atoms with Gasteiger partial charge in [-0.2, -0.15) is 0 Å². The molecule has 3 aromatic rings. The van der Waals surface area contributed by atoms with Crippen molar-refractivity contribution < 1.29 is 4.79 Å². The molecule has 2 aromatic heterocycles. The monoisotopic (exact) mass is 414 g/mol. The number of aryl methyl sites for hydroxylation is 1. The normalized spacial score (nSPS) is 14.5. The molecule has 1 aromatic carbocycles. The van der Waals surface area contributed by atoms with Gasteiger partial charge < -0.3 is 15.6 Å². The molecule has 0 spiro atoms. The minimum Gasteiger partial charge on any atom is -0.368 e. The van der Waals surface area contributed by atoms with Crippen LogP contribution in [0.5, 0.6) is 0 Å². The summed E-state index contributed by atoms with van der Waals surface area (Å²) >= 11 is 2.89. The number of nitrogens with two attached hydrogens (primary N) is 1. The van der Waals surface area contributed by atoms with Crippen LogP contribution < -0.4 is 10.7 Å². The van der Waals surface area contributed by atoms with Gasteiger partial charge in [-0.25, -0.2) is 4.68 Å². The molecule has 0 saturated carbocycles. The molecular weight excluding hydrogens is 392 g/mol. The minimum absolute atomic E-state index is 0.106. The number of hydrogen-bond donors (Lipinski definition) is 1. The number of carbonyl (C=O) groups excluding carboxylic acids is 1. The largest absolute Gasteiger partial charge is 0.368 e. The third-order valence-electron chi connectivity index (χ3n) is 4.73. The van der Waals surface area contributed by atoms with Crippen molar-refractivity contribution in [3.05, 3.63) is 47.3 Å². The van der Waals surface area contributed by atoms with Crippen LogP contribution >= 0.6 is 23.1 Å². The minimum atomic E-state index is 0.106. The zero-order chi connectivity index (χ0) is 19.5. The van der Waals surface area contributed by atoms with Crippen LogP contribution in [0.4, 0.5) is 5.69 Å². The number of benzene rings is 1. The van der Waals surface area contributed by atoms with Crippen molar-refractivity contribution in [2.24, 2.45) is 0 Å². The highest BCUT2D eigenvalue weighted by Gasteiger charge is 2.22. The first-order chi connectivity index (χ1) is 13.6. The lowest BCUT2D eigenvalue weighted by molar-refractivity contribution is -0.128. The number of hydrogen-bond acceptors (Lipinski definition) is 7. The smallest absolute Gasteiger partial charge is 0.233 e. The van der Waals surface area contributed by atoms with Gasteiger partial charge in [0.25, 0.3) is 0 Å². The van der Waals surface area contributed by atoms with E-state index in [1.54, 1.807) is 11.3 Å². The third-order valence-corrected chi connectivity index (χ3v) is 6.52. The zero-order valence-corrected chi connectivity index (χ0v) is 17.2. The summed E-state index contributed by atoms with van der Waals surface area (Å²) in [6.07, 6.45) is 0. The molecule has 1 aliphatic heterocycles. The van der Waals surface area contributed by atoms with Gasteiger partial charge in [0.05, 0.1) is 10.6 Å². The first kappa shape index (κ1) is 18.8. The number of thiophene rings is 1. The summed E-state index contributed by atoms with van der Waals surface area (Å²) in [7, 11) is 0. The molecule has 7 nitrogen and oxygen atoms in total. The quantitative estimate of drug-likeness (QED) is 0.510. The lowest BCUT2D eigenvalue weighted by Gasteiger charge is -2.36. The van der Waals surface area contributed by atoms with Gasteiger partial charge in [-0.1, -0.05) is 30.0 Å². The number of nitrogens with zero attached hydrogens (tertiary/aromatic N) is 5. The van der Waals surface area contributed by atoms with E-state index in [0.717, 1.165) is 31.1 Å². The fraction of sp³-hybridized carbons (Fsp3) is 0.316. The Morgan fingerprint density at radius 2 is 2.00 bits per heavy atom. The van der Waals surface area contributed by atoms with E-state index in [4.69, 9.17) is 5.84 Å².